The summed E-state index contributed by atoms with van der Waals surface area (Å²) in [6, 6.07) is 4.99. The molecular formula is C15H21ClN2O2. The van der Waals surface area contributed by atoms with Crippen molar-refractivity contribution in [2.24, 2.45) is 0 Å². The summed E-state index contributed by atoms with van der Waals surface area (Å²) in [5.41, 5.74) is 5.98. The third-order valence-corrected chi connectivity index (χ3v) is 3.56. The van der Waals surface area contributed by atoms with Gasteiger partial charge >= 0.3 is 0 Å². The topological polar surface area (TPSA) is 55.6 Å². The number of amides is 1. The third kappa shape index (κ3) is 3.25. The van der Waals surface area contributed by atoms with Gasteiger partial charge in [0.05, 0.1) is 21.9 Å². The van der Waals surface area contributed by atoms with Crippen LogP contribution in [-0.4, -0.2) is 35.1 Å². The highest BCUT2D eigenvalue weighted by molar-refractivity contribution is 6.33. The number of anilines is 1. The van der Waals surface area contributed by atoms with Crippen molar-refractivity contribution in [2.45, 2.75) is 38.9 Å². The van der Waals surface area contributed by atoms with Gasteiger partial charge in [-0.1, -0.05) is 11.6 Å². The lowest BCUT2D eigenvalue weighted by molar-refractivity contribution is -0.171. The summed E-state index contributed by atoms with van der Waals surface area (Å²) in [4.78, 5) is 14.4. The predicted molar refractivity (Wildman–Crippen MR) is 81.0 cm³/mol. The molecule has 1 aliphatic heterocycles. The lowest BCUT2D eigenvalue weighted by Gasteiger charge is -2.47. The first-order chi connectivity index (χ1) is 9.10. The smallest absolute Gasteiger partial charge is 0.254 e. The highest BCUT2D eigenvalue weighted by Gasteiger charge is 2.40. The number of rotatable bonds is 1. The van der Waals surface area contributed by atoms with Crippen molar-refractivity contribution in [2.75, 3.05) is 18.8 Å². The zero-order valence-corrected chi connectivity index (χ0v) is 13.1. The van der Waals surface area contributed by atoms with Crippen LogP contribution in [0.3, 0.4) is 0 Å². The second-order valence-electron chi connectivity index (χ2n) is 6.52. The van der Waals surface area contributed by atoms with E-state index in [0.717, 1.165) is 0 Å². The van der Waals surface area contributed by atoms with Crippen molar-refractivity contribution in [3.8, 4) is 0 Å². The van der Waals surface area contributed by atoms with Gasteiger partial charge in [-0.2, -0.15) is 0 Å². The number of morpholine rings is 1. The summed E-state index contributed by atoms with van der Waals surface area (Å²) in [6.07, 6.45) is 0. The molecule has 0 atom stereocenters. The zero-order valence-electron chi connectivity index (χ0n) is 12.4. The van der Waals surface area contributed by atoms with Crippen molar-refractivity contribution in [3.05, 3.63) is 28.8 Å². The van der Waals surface area contributed by atoms with Gasteiger partial charge < -0.3 is 15.4 Å². The number of nitrogens with two attached hydrogens (primary N) is 1. The molecule has 0 saturated carbocycles. The minimum Gasteiger partial charge on any atom is -0.398 e. The maximum Gasteiger partial charge on any atom is 0.254 e. The summed E-state index contributed by atoms with van der Waals surface area (Å²) < 4.78 is 5.98. The zero-order chi connectivity index (χ0) is 15.1. The fraction of sp³-hybridized carbons (Fsp3) is 0.533. The van der Waals surface area contributed by atoms with Crippen LogP contribution in [0.15, 0.2) is 18.2 Å². The van der Waals surface area contributed by atoms with Gasteiger partial charge in [-0.15, -0.1) is 0 Å². The van der Waals surface area contributed by atoms with Gasteiger partial charge in [0.25, 0.3) is 5.91 Å². The first-order valence-corrected chi connectivity index (χ1v) is 7.02. The predicted octanol–water partition coefficient (Wildman–Crippen LogP) is 2.95. The first kappa shape index (κ1) is 15.1. The van der Waals surface area contributed by atoms with E-state index in [-0.39, 0.29) is 17.1 Å². The van der Waals surface area contributed by atoms with Crippen LogP contribution < -0.4 is 5.73 Å². The molecular weight excluding hydrogens is 276 g/mol. The van der Waals surface area contributed by atoms with Gasteiger partial charge in [0.15, 0.2) is 0 Å². The third-order valence-electron chi connectivity index (χ3n) is 3.23. The Hall–Kier alpha value is -1.26. The van der Waals surface area contributed by atoms with E-state index in [1.165, 1.54) is 0 Å². The molecule has 1 fully saturated rings. The first-order valence-electron chi connectivity index (χ1n) is 6.64. The van der Waals surface area contributed by atoms with E-state index >= 15 is 0 Å². The Kier molecular flexibility index (Phi) is 3.73. The molecule has 0 aliphatic carbocycles. The molecule has 1 aromatic carbocycles. The van der Waals surface area contributed by atoms with Crippen molar-refractivity contribution >= 4 is 23.2 Å². The summed E-state index contributed by atoms with van der Waals surface area (Å²) >= 11 is 5.99. The van der Waals surface area contributed by atoms with Crippen LogP contribution in [0.1, 0.15) is 38.1 Å². The molecule has 0 spiro atoms. The van der Waals surface area contributed by atoms with Crippen LogP contribution >= 0.6 is 11.6 Å². The van der Waals surface area contributed by atoms with Crippen LogP contribution in [0.25, 0.3) is 0 Å². The van der Waals surface area contributed by atoms with Crippen molar-refractivity contribution in [1.82, 2.24) is 4.90 Å². The average molecular weight is 297 g/mol. The molecule has 0 aromatic heterocycles. The quantitative estimate of drug-likeness (QED) is 0.811. The second-order valence-corrected chi connectivity index (χ2v) is 6.93. The molecule has 0 bridgehead atoms. The SMILES string of the molecule is CC1(C)CN(C(=O)c2ccc(N)c(Cl)c2)CC(C)(C)O1. The van der Waals surface area contributed by atoms with E-state index < -0.39 is 0 Å². The number of nitrogen functional groups attached to an aromatic ring is 1. The summed E-state index contributed by atoms with van der Waals surface area (Å²) in [7, 11) is 0. The molecule has 4 nitrogen and oxygen atoms in total. The monoisotopic (exact) mass is 296 g/mol. The van der Waals surface area contributed by atoms with E-state index in [1.807, 2.05) is 32.6 Å². The van der Waals surface area contributed by atoms with E-state index in [9.17, 15) is 4.79 Å². The number of hydrogen-bond donors (Lipinski definition) is 1. The Morgan fingerprint density at radius 2 is 1.80 bits per heavy atom. The Labute approximate surface area is 124 Å². The van der Waals surface area contributed by atoms with Gasteiger partial charge in [-0.05, 0) is 45.9 Å². The molecule has 0 unspecified atom stereocenters. The lowest BCUT2D eigenvalue weighted by Crippen LogP contribution is -2.58. The van der Waals surface area contributed by atoms with Crippen molar-refractivity contribution in [3.63, 3.8) is 0 Å². The largest absolute Gasteiger partial charge is 0.398 e. The van der Waals surface area contributed by atoms with Crippen molar-refractivity contribution in [1.29, 1.82) is 0 Å². The Morgan fingerprint density at radius 3 is 2.30 bits per heavy atom. The van der Waals surface area contributed by atoms with Crippen LogP contribution in [0.2, 0.25) is 5.02 Å². The fourth-order valence-corrected chi connectivity index (χ4v) is 2.95. The molecule has 1 amide bonds. The van der Waals surface area contributed by atoms with Gasteiger partial charge in [-0.25, -0.2) is 0 Å². The normalized spacial score (nSPS) is 20.8. The molecule has 1 aromatic rings. The van der Waals surface area contributed by atoms with Gasteiger partial charge in [0.1, 0.15) is 0 Å². The van der Waals surface area contributed by atoms with E-state index in [4.69, 9.17) is 22.1 Å². The average Bonchev–Trinajstić information content (AvgIpc) is 2.27. The number of nitrogens with zero attached hydrogens (tertiary/aromatic N) is 1. The van der Waals surface area contributed by atoms with Gasteiger partial charge in [0, 0.05) is 18.7 Å². The number of carbonyl (C=O) groups excluding carboxylic acids is 1. The number of carbonyl (C=O) groups is 1. The molecule has 1 heterocycles. The van der Waals surface area contributed by atoms with Gasteiger partial charge in [0.2, 0.25) is 0 Å². The Balaban J connectivity index is 2.26. The summed E-state index contributed by atoms with van der Waals surface area (Å²) in [5, 5.41) is 0.405. The van der Waals surface area contributed by atoms with Crippen LogP contribution in [0.4, 0.5) is 5.69 Å². The van der Waals surface area contributed by atoms with Gasteiger partial charge in [-0.3, -0.25) is 4.79 Å². The van der Waals surface area contributed by atoms with E-state index in [2.05, 4.69) is 0 Å². The fourth-order valence-electron chi connectivity index (χ4n) is 2.77. The maximum atomic E-state index is 12.6. The van der Waals surface area contributed by atoms with E-state index in [1.54, 1.807) is 18.2 Å². The minimum absolute atomic E-state index is 0.0450. The minimum atomic E-state index is -0.366. The molecule has 2 N–H and O–H groups in total. The molecule has 20 heavy (non-hydrogen) atoms. The van der Waals surface area contributed by atoms with Crippen LogP contribution in [-0.2, 0) is 4.74 Å². The molecule has 2 rings (SSSR count). The van der Waals surface area contributed by atoms with Crippen LogP contribution in [0, 0.1) is 0 Å². The summed E-state index contributed by atoms with van der Waals surface area (Å²) in [5.74, 6) is -0.0450. The molecule has 5 heteroatoms. The lowest BCUT2D eigenvalue weighted by atomic mass is 9.98. The molecule has 1 saturated heterocycles. The number of ether oxygens (including phenoxy) is 1. The standard InChI is InChI=1S/C15H21ClN2O2/c1-14(2)8-18(9-15(3,4)20-14)13(19)10-5-6-12(17)11(16)7-10/h5-7H,8-9,17H2,1-4H3. The Bertz CT molecular complexity index is 525. The Morgan fingerprint density at radius 1 is 1.25 bits per heavy atom. The number of benzene rings is 1. The number of hydrogen-bond acceptors (Lipinski definition) is 3. The maximum absolute atomic E-state index is 12.6. The van der Waals surface area contributed by atoms with E-state index in [0.29, 0.717) is 29.4 Å². The summed E-state index contributed by atoms with van der Waals surface area (Å²) in [6.45, 7) is 9.07. The van der Waals surface area contributed by atoms with Crippen LogP contribution in [0.5, 0.6) is 0 Å². The molecule has 110 valence electrons. The van der Waals surface area contributed by atoms with Crippen molar-refractivity contribution < 1.29 is 9.53 Å². The highest BCUT2D eigenvalue weighted by atomic mass is 35.5. The number of halogens is 1. The highest BCUT2D eigenvalue weighted by Crippen LogP contribution is 2.29. The molecule has 0 radical (unpaired) electrons. The molecule has 1 aliphatic rings. The second kappa shape index (κ2) is 4.93.